The van der Waals surface area contributed by atoms with Gasteiger partial charge in [0, 0.05) is 31.6 Å². The average molecular weight is 518 g/mol. The number of nitrogens with zero attached hydrogens (tertiary/aromatic N) is 2. The number of ether oxygens (including phenoxy) is 2. The molecule has 11 heteroatoms. The second-order valence-corrected chi connectivity index (χ2v) is 10.1. The van der Waals surface area contributed by atoms with E-state index in [2.05, 4.69) is 15.2 Å². The summed E-state index contributed by atoms with van der Waals surface area (Å²) >= 11 is 14.9. The molecule has 1 amide bonds. The fourth-order valence-corrected chi connectivity index (χ4v) is 5.14. The van der Waals surface area contributed by atoms with E-state index in [0.29, 0.717) is 35.5 Å². The molecule has 1 aliphatic rings. The van der Waals surface area contributed by atoms with Crippen molar-refractivity contribution in [3.8, 4) is 0 Å². The molecule has 0 spiro atoms. The zero-order valence-corrected chi connectivity index (χ0v) is 20.8. The van der Waals surface area contributed by atoms with E-state index in [4.69, 9.17) is 32.7 Å². The van der Waals surface area contributed by atoms with Gasteiger partial charge in [0.25, 0.3) is 0 Å². The molecule has 1 saturated heterocycles. The van der Waals surface area contributed by atoms with Gasteiger partial charge in [0.05, 0.1) is 47.2 Å². The second-order valence-electron chi connectivity index (χ2n) is 7.16. The lowest BCUT2D eigenvalue weighted by Gasteiger charge is -2.33. The lowest BCUT2D eigenvalue weighted by molar-refractivity contribution is -0.142. The second kappa shape index (κ2) is 12.8. The van der Waals surface area contributed by atoms with Gasteiger partial charge in [-0.05, 0) is 24.6 Å². The van der Waals surface area contributed by atoms with Crippen LogP contribution in [0.3, 0.4) is 0 Å². The number of rotatable bonds is 10. The minimum Gasteiger partial charge on any atom is -0.466 e. The van der Waals surface area contributed by atoms with E-state index in [1.807, 2.05) is 17.5 Å². The van der Waals surface area contributed by atoms with Gasteiger partial charge in [-0.3, -0.25) is 14.5 Å². The maximum atomic E-state index is 12.2. The van der Waals surface area contributed by atoms with E-state index in [1.165, 1.54) is 23.1 Å². The first kappa shape index (κ1) is 25.3. The maximum absolute atomic E-state index is 12.2. The molecular weight excluding hydrogens is 493 g/mol. The number of amides is 1. The molecular formula is C21H25Cl2N3O4S2. The predicted octanol–water partition coefficient (Wildman–Crippen LogP) is 3.66. The highest BCUT2D eigenvalue weighted by Gasteiger charge is 2.21. The van der Waals surface area contributed by atoms with Crippen LogP contribution in [0.1, 0.15) is 18.2 Å². The molecule has 7 nitrogen and oxygen atoms in total. The Bertz CT molecular complexity index is 928. The van der Waals surface area contributed by atoms with Gasteiger partial charge in [-0.25, -0.2) is 4.98 Å². The summed E-state index contributed by atoms with van der Waals surface area (Å²) in [4.78, 5) is 30.4. The van der Waals surface area contributed by atoms with Crippen LogP contribution in [0.15, 0.2) is 27.9 Å². The van der Waals surface area contributed by atoms with Crippen LogP contribution < -0.4 is 5.32 Å². The van der Waals surface area contributed by atoms with Crippen molar-refractivity contribution < 1.29 is 19.1 Å². The number of carbonyl (C=O) groups excluding carboxylic acids is 2. The largest absolute Gasteiger partial charge is 0.466 e. The van der Waals surface area contributed by atoms with Gasteiger partial charge < -0.3 is 14.8 Å². The summed E-state index contributed by atoms with van der Waals surface area (Å²) in [6, 6.07) is 5.65. The van der Waals surface area contributed by atoms with E-state index < -0.39 is 0 Å². The number of thioether (sulfide) groups is 1. The van der Waals surface area contributed by atoms with Crippen molar-refractivity contribution in [2.45, 2.75) is 30.3 Å². The first-order valence-electron chi connectivity index (χ1n) is 10.2. The van der Waals surface area contributed by atoms with Crippen LogP contribution in [-0.4, -0.2) is 66.5 Å². The summed E-state index contributed by atoms with van der Waals surface area (Å²) in [7, 11) is 0. The molecule has 2 heterocycles. The highest BCUT2D eigenvalue weighted by Crippen LogP contribution is 2.24. The summed E-state index contributed by atoms with van der Waals surface area (Å²) in [6.45, 7) is 5.46. The molecule has 0 radical (unpaired) electrons. The Kier molecular flexibility index (Phi) is 10.1. The lowest BCUT2D eigenvalue weighted by Crippen LogP contribution is -2.47. The van der Waals surface area contributed by atoms with Crippen LogP contribution in [0.5, 0.6) is 0 Å². The van der Waals surface area contributed by atoms with Crippen LogP contribution in [0.25, 0.3) is 0 Å². The normalized spacial score (nSPS) is 16.7. The van der Waals surface area contributed by atoms with Gasteiger partial charge in [-0.1, -0.05) is 41.0 Å². The molecule has 0 bridgehead atoms. The third-order valence-corrected chi connectivity index (χ3v) is 7.44. The Morgan fingerprint density at radius 1 is 1.38 bits per heavy atom. The van der Waals surface area contributed by atoms with Crippen molar-refractivity contribution in [1.29, 1.82) is 0 Å². The van der Waals surface area contributed by atoms with Crippen molar-refractivity contribution in [2.75, 3.05) is 38.6 Å². The Hall–Kier alpha value is -1.36. The van der Waals surface area contributed by atoms with Gasteiger partial charge in [0.15, 0.2) is 4.34 Å². The Morgan fingerprint density at radius 3 is 3.00 bits per heavy atom. The molecule has 2 aromatic rings. The predicted molar refractivity (Wildman–Crippen MR) is 128 cm³/mol. The van der Waals surface area contributed by atoms with Crippen LogP contribution >= 0.6 is 46.3 Å². The van der Waals surface area contributed by atoms with Crippen LogP contribution in [0, 0.1) is 0 Å². The van der Waals surface area contributed by atoms with Gasteiger partial charge in [0.2, 0.25) is 5.91 Å². The third-order valence-electron chi connectivity index (χ3n) is 4.63. The van der Waals surface area contributed by atoms with Crippen molar-refractivity contribution in [2.24, 2.45) is 0 Å². The Morgan fingerprint density at radius 2 is 2.22 bits per heavy atom. The van der Waals surface area contributed by atoms with Crippen LogP contribution in [-0.2, 0) is 32.0 Å². The van der Waals surface area contributed by atoms with E-state index in [-0.39, 0.29) is 30.2 Å². The number of hydrogen-bond acceptors (Lipinski definition) is 8. The molecule has 174 valence electrons. The zero-order chi connectivity index (χ0) is 22.9. The quantitative estimate of drug-likeness (QED) is 0.380. The number of esters is 1. The number of hydrogen-bond donors (Lipinski definition) is 1. The molecule has 1 atom stereocenters. The van der Waals surface area contributed by atoms with Crippen molar-refractivity contribution >= 4 is 58.2 Å². The van der Waals surface area contributed by atoms with E-state index in [0.717, 1.165) is 29.5 Å². The molecule has 1 aromatic heterocycles. The first-order valence-corrected chi connectivity index (χ1v) is 12.8. The summed E-state index contributed by atoms with van der Waals surface area (Å²) < 4.78 is 11.5. The number of carbonyl (C=O) groups is 2. The summed E-state index contributed by atoms with van der Waals surface area (Å²) in [5, 5.41) is 5.84. The fraction of sp³-hybridized carbons (Fsp3) is 0.476. The molecule has 0 aliphatic carbocycles. The summed E-state index contributed by atoms with van der Waals surface area (Å²) in [5.41, 5.74) is 1.75. The molecule has 1 fully saturated rings. The van der Waals surface area contributed by atoms with E-state index >= 15 is 0 Å². The lowest BCUT2D eigenvalue weighted by atomic mass is 10.2. The van der Waals surface area contributed by atoms with Gasteiger partial charge >= 0.3 is 5.97 Å². The topological polar surface area (TPSA) is 80.8 Å². The minimum absolute atomic E-state index is 0.0727. The van der Waals surface area contributed by atoms with Crippen molar-refractivity contribution in [3.63, 3.8) is 0 Å². The van der Waals surface area contributed by atoms with Crippen molar-refractivity contribution in [3.05, 3.63) is 44.9 Å². The Balaban J connectivity index is 1.37. The molecule has 0 saturated carbocycles. The van der Waals surface area contributed by atoms with E-state index in [1.54, 1.807) is 13.0 Å². The molecule has 1 N–H and O–H groups in total. The third kappa shape index (κ3) is 8.20. The molecule has 1 aliphatic heterocycles. The summed E-state index contributed by atoms with van der Waals surface area (Å²) in [6.07, 6.45) is 0.0750. The SMILES string of the molecule is CCOC(=O)Cc1csc(SCC(=O)NCC2CN(Cc3ccc(Cl)c(Cl)c3)CCO2)n1. The smallest absolute Gasteiger partial charge is 0.311 e. The van der Waals surface area contributed by atoms with Crippen molar-refractivity contribution in [1.82, 2.24) is 15.2 Å². The van der Waals surface area contributed by atoms with Gasteiger partial charge in [0.1, 0.15) is 0 Å². The monoisotopic (exact) mass is 517 g/mol. The number of aromatic nitrogens is 1. The molecule has 32 heavy (non-hydrogen) atoms. The zero-order valence-electron chi connectivity index (χ0n) is 17.6. The minimum atomic E-state index is -0.298. The molecule has 1 unspecified atom stereocenters. The highest BCUT2D eigenvalue weighted by atomic mass is 35.5. The number of nitrogens with one attached hydrogen (secondary N) is 1. The van der Waals surface area contributed by atoms with Gasteiger partial charge in [-0.2, -0.15) is 0 Å². The fourth-order valence-electron chi connectivity index (χ4n) is 3.15. The molecule has 3 rings (SSSR count). The van der Waals surface area contributed by atoms with Crippen LogP contribution in [0.2, 0.25) is 10.0 Å². The number of morpholine rings is 1. The first-order chi connectivity index (χ1) is 15.4. The van der Waals surface area contributed by atoms with E-state index in [9.17, 15) is 9.59 Å². The maximum Gasteiger partial charge on any atom is 0.311 e. The average Bonchev–Trinajstić information content (AvgIpc) is 3.21. The number of halogens is 2. The highest BCUT2D eigenvalue weighted by molar-refractivity contribution is 8.01. The van der Waals surface area contributed by atoms with Crippen LogP contribution in [0.4, 0.5) is 0 Å². The molecule has 1 aromatic carbocycles. The number of benzene rings is 1. The Labute approximate surface area is 205 Å². The number of thiazole rings is 1. The summed E-state index contributed by atoms with van der Waals surface area (Å²) in [5.74, 6) is -0.123. The standard InChI is InChI=1S/C21H25Cl2N3O4S2/c1-2-29-20(28)8-15-12-31-21(25-15)32-13-19(27)24-9-16-11-26(5-6-30-16)10-14-3-4-17(22)18(23)7-14/h3-4,7,12,16H,2,5-6,8-11,13H2,1H3,(H,24,27). The van der Waals surface area contributed by atoms with Gasteiger partial charge in [-0.15, -0.1) is 11.3 Å².